The summed E-state index contributed by atoms with van der Waals surface area (Å²) in [5.41, 5.74) is 16.6. The molecule has 0 aliphatic heterocycles. The molecule has 268 valence electrons. The topological polar surface area (TPSA) is 6.48 Å². The molecule has 0 aromatic heterocycles. The van der Waals surface area contributed by atoms with Crippen molar-refractivity contribution in [2.45, 2.75) is 58.3 Å². The number of anilines is 5. The monoisotopic (exact) mass is 710 g/mol. The molecular weight excluding hydrogens is 667 g/mol. The first-order chi connectivity index (χ1) is 26.0. The van der Waals surface area contributed by atoms with Crippen molar-refractivity contribution in [2.24, 2.45) is 5.92 Å². The van der Waals surface area contributed by atoms with Crippen molar-refractivity contribution in [2.75, 3.05) is 9.80 Å². The summed E-state index contributed by atoms with van der Waals surface area (Å²) in [6.45, 7) is 14.3. The van der Waals surface area contributed by atoms with E-state index in [9.17, 15) is 8.78 Å². The normalized spacial score (nSPS) is 18.3. The van der Waals surface area contributed by atoms with Crippen LogP contribution in [0.25, 0.3) is 11.1 Å². The zero-order valence-electron chi connectivity index (χ0n) is 31.7. The van der Waals surface area contributed by atoms with Gasteiger partial charge in [0.25, 0.3) is 0 Å². The van der Waals surface area contributed by atoms with Crippen LogP contribution in [0.3, 0.4) is 0 Å². The van der Waals surface area contributed by atoms with Crippen molar-refractivity contribution < 1.29 is 8.78 Å². The van der Waals surface area contributed by atoms with Gasteiger partial charge < -0.3 is 9.80 Å². The van der Waals surface area contributed by atoms with E-state index in [2.05, 4.69) is 124 Å². The molecule has 0 heterocycles. The van der Waals surface area contributed by atoms with Gasteiger partial charge in [0.2, 0.25) is 0 Å². The molecule has 54 heavy (non-hydrogen) atoms. The van der Waals surface area contributed by atoms with Gasteiger partial charge in [-0.15, -0.1) is 0 Å². The summed E-state index contributed by atoms with van der Waals surface area (Å²) in [7, 11) is 0. The van der Waals surface area contributed by atoms with Gasteiger partial charge in [-0.1, -0.05) is 82.3 Å². The van der Waals surface area contributed by atoms with Crippen molar-refractivity contribution in [3.63, 3.8) is 0 Å². The fourth-order valence-electron chi connectivity index (χ4n) is 9.76. The van der Waals surface area contributed by atoms with Crippen molar-refractivity contribution in [1.82, 2.24) is 0 Å². The molecule has 0 radical (unpaired) electrons. The molecule has 0 saturated heterocycles. The minimum atomic E-state index is -0.278. The zero-order chi connectivity index (χ0) is 37.5. The first-order valence-electron chi connectivity index (χ1n) is 18.9. The summed E-state index contributed by atoms with van der Waals surface area (Å²) >= 11 is 0. The van der Waals surface area contributed by atoms with E-state index >= 15 is 0 Å². The molecule has 0 saturated carbocycles. The van der Waals surface area contributed by atoms with Crippen LogP contribution in [-0.2, 0) is 10.8 Å². The van der Waals surface area contributed by atoms with E-state index in [0.29, 0.717) is 0 Å². The first kappa shape index (κ1) is 34.1. The number of benzene rings is 6. The lowest BCUT2D eigenvalue weighted by Gasteiger charge is -2.36. The van der Waals surface area contributed by atoms with E-state index < -0.39 is 0 Å². The van der Waals surface area contributed by atoms with E-state index in [1.54, 1.807) is 0 Å². The first-order valence-corrected chi connectivity index (χ1v) is 18.9. The lowest BCUT2D eigenvalue weighted by Crippen LogP contribution is -2.30. The third kappa shape index (κ3) is 5.10. The third-order valence-corrected chi connectivity index (χ3v) is 12.4. The zero-order valence-corrected chi connectivity index (χ0v) is 31.7. The Labute approximate surface area is 317 Å². The SMILES string of the molecule is Cc1c(C)c2c(c3c1-c1ccc(N(c4ccccc4)c4ccc(F)cc4)cc1C3(C)C)C(C)(C)C1C=C(N(c3ccccc3)c3ccc(F)cc3)C=CC21. The summed E-state index contributed by atoms with van der Waals surface area (Å²) in [6, 6.07) is 41.1. The molecule has 3 aliphatic carbocycles. The van der Waals surface area contributed by atoms with E-state index in [4.69, 9.17) is 0 Å². The Balaban J connectivity index is 1.18. The number of para-hydroxylation sites is 2. The molecular formula is C50H44F2N2. The van der Waals surface area contributed by atoms with Gasteiger partial charge in [-0.05, 0) is 161 Å². The second-order valence-corrected chi connectivity index (χ2v) is 16.2. The number of allylic oxidation sites excluding steroid dienone is 3. The Hall–Kier alpha value is -5.74. The van der Waals surface area contributed by atoms with Gasteiger partial charge in [0.05, 0.1) is 0 Å². The second-order valence-electron chi connectivity index (χ2n) is 16.2. The van der Waals surface area contributed by atoms with Gasteiger partial charge in [0, 0.05) is 45.5 Å². The maximum Gasteiger partial charge on any atom is 0.123 e. The lowest BCUT2D eigenvalue weighted by atomic mass is 9.69. The molecule has 9 rings (SSSR count). The molecule has 2 nitrogen and oxygen atoms in total. The van der Waals surface area contributed by atoms with Crippen molar-refractivity contribution in [3.8, 4) is 11.1 Å². The van der Waals surface area contributed by atoms with Crippen LogP contribution < -0.4 is 9.80 Å². The Bertz CT molecular complexity index is 2480. The number of hydrogen-bond acceptors (Lipinski definition) is 2. The number of nitrogens with zero attached hydrogens (tertiary/aromatic N) is 2. The van der Waals surface area contributed by atoms with Gasteiger partial charge in [-0.3, -0.25) is 0 Å². The Morgan fingerprint density at radius 2 is 1.07 bits per heavy atom. The fraction of sp³-hybridized carbons (Fsp3) is 0.200. The summed E-state index contributed by atoms with van der Waals surface area (Å²) in [5.74, 6) is -0.0483. The Morgan fingerprint density at radius 3 is 1.67 bits per heavy atom. The smallest absolute Gasteiger partial charge is 0.123 e. The van der Waals surface area contributed by atoms with Gasteiger partial charge in [0.1, 0.15) is 11.6 Å². The maximum atomic E-state index is 14.1. The highest BCUT2D eigenvalue weighted by atomic mass is 19.1. The number of fused-ring (bicyclic) bond motifs is 7. The van der Waals surface area contributed by atoms with Crippen LogP contribution in [-0.4, -0.2) is 0 Å². The summed E-state index contributed by atoms with van der Waals surface area (Å²) < 4.78 is 28.3. The van der Waals surface area contributed by atoms with Crippen molar-refractivity contribution >= 4 is 28.4 Å². The van der Waals surface area contributed by atoms with Crippen molar-refractivity contribution in [3.05, 3.63) is 196 Å². The fourth-order valence-corrected chi connectivity index (χ4v) is 9.76. The predicted molar refractivity (Wildman–Crippen MR) is 220 cm³/mol. The molecule has 0 amide bonds. The average molecular weight is 711 g/mol. The molecule has 0 bridgehead atoms. The third-order valence-electron chi connectivity index (χ3n) is 12.4. The molecule has 6 aromatic carbocycles. The van der Waals surface area contributed by atoms with Crippen LogP contribution in [0.15, 0.2) is 151 Å². The number of halogens is 2. The summed E-state index contributed by atoms with van der Waals surface area (Å²) in [5, 5.41) is 0. The molecule has 4 heteroatoms. The minimum absolute atomic E-state index is 0.184. The standard InChI is InChI=1S/C50H44F2N2/c1-31-32(2)46-42-28-26-40(54(36-15-11-8-12-16-36)38-23-19-34(52)20-24-38)30-44(42)50(5,6)48(46)47-45(31)41-27-25-39(29-43(41)49(47,3)4)53(35-13-9-7-10-14-35)37-21-17-33(51)18-22-37/h7-30,41,43H,1-6H3. The molecule has 2 atom stereocenters. The van der Waals surface area contributed by atoms with E-state index in [0.717, 1.165) is 34.1 Å². The van der Waals surface area contributed by atoms with Gasteiger partial charge >= 0.3 is 0 Å². The van der Waals surface area contributed by atoms with E-state index in [-0.39, 0.29) is 34.3 Å². The van der Waals surface area contributed by atoms with Gasteiger partial charge in [-0.25, -0.2) is 8.78 Å². The quantitative estimate of drug-likeness (QED) is 0.170. The highest BCUT2D eigenvalue weighted by Gasteiger charge is 2.52. The van der Waals surface area contributed by atoms with Crippen LogP contribution in [0.2, 0.25) is 0 Å². The predicted octanol–water partition coefficient (Wildman–Crippen LogP) is 13.6. The van der Waals surface area contributed by atoms with Crippen LogP contribution in [0.5, 0.6) is 0 Å². The van der Waals surface area contributed by atoms with Crippen LogP contribution in [0.4, 0.5) is 37.2 Å². The number of hydrogen-bond donors (Lipinski definition) is 0. The van der Waals surface area contributed by atoms with Gasteiger partial charge in [-0.2, -0.15) is 0 Å². The highest BCUT2D eigenvalue weighted by Crippen LogP contribution is 2.63. The number of rotatable bonds is 6. The van der Waals surface area contributed by atoms with Crippen LogP contribution in [0.1, 0.15) is 67.0 Å². The molecule has 0 N–H and O–H groups in total. The van der Waals surface area contributed by atoms with E-state index in [1.165, 1.54) is 68.8 Å². The minimum Gasteiger partial charge on any atom is -0.311 e. The highest BCUT2D eigenvalue weighted by molar-refractivity contribution is 5.90. The average Bonchev–Trinajstić information content (AvgIpc) is 3.55. The maximum absolute atomic E-state index is 14.1. The summed E-state index contributed by atoms with van der Waals surface area (Å²) in [6.07, 6.45) is 7.15. The Kier molecular flexibility index (Phi) is 7.83. The molecule has 6 aromatic rings. The second kappa shape index (κ2) is 12.4. The largest absolute Gasteiger partial charge is 0.311 e. The molecule has 3 aliphatic rings. The molecule has 0 spiro atoms. The molecule has 0 fully saturated rings. The van der Waals surface area contributed by atoms with Crippen LogP contribution >= 0.6 is 0 Å². The van der Waals surface area contributed by atoms with Crippen molar-refractivity contribution in [1.29, 1.82) is 0 Å². The lowest BCUT2D eigenvalue weighted by molar-refractivity contribution is 0.387. The van der Waals surface area contributed by atoms with Crippen LogP contribution in [0, 0.1) is 31.4 Å². The molecule has 2 unspecified atom stereocenters. The van der Waals surface area contributed by atoms with Gasteiger partial charge in [0.15, 0.2) is 0 Å². The Morgan fingerprint density at radius 1 is 0.556 bits per heavy atom. The van der Waals surface area contributed by atoms with E-state index in [1.807, 2.05) is 48.5 Å². The summed E-state index contributed by atoms with van der Waals surface area (Å²) in [4.78, 5) is 4.46.